The molecule has 0 fully saturated rings. The zero-order valence-corrected chi connectivity index (χ0v) is 25.7. The van der Waals surface area contributed by atoms with Gasteiger partial charge >= 0.3 is 0 Å². The molecular formula is C30H37ClN4O6S. The molecule has 1 aliphatic rings. The van der Waals surface area contributed by atoms with Gasteiger partial charge in [0, 0.05) is 16.8 Å². The summed E-state index contributed by atoms with van der Waals surface area (Å²) in [6, 6.07) is 15.0. The molecule has 0 aromatic heterocycles. The zero-order chi connectivity index (χ0) is 29.7. The van der Waals surface area contributed by atoms with E-state index in [1.165, 1.54) is 0 Å². The Morgan fingerprint density at radius 3 is 2.55 bits per heavy atom. The number of para-hydroxylation sites is 1. The average Bonchev–Trinajstić information content (AvgIpc) is 3.08. The van der Waals surface area contributed by atoms with E-state index in [-0.39, 0.29) is 42.1 Å². The molecule has 0 radical (unpaired) electrons. The van der Waals surface area contributed by atoms with Gasteiger partial charge in [0.25, 0.3) is 5.91 Å². The number of amides is 3. The molecule has 3 aromatic carbocycles. The summed E-state index contributed by atoms with van der Waals surface area (Å²) in [6.45, 7) is 3.61. The van der Waals surface area contributed by atoms with Crippen LogP contribution >= 0.6 is 12.4 Å². The molecule has 0 spiro atoms. The normalized spacial score (nSPS) is 15.7. The van der Waals surface area contributed by atoms with Crippen LogP contribution in [0, 0.1) is 0 Å². The second-order valence-electron chi connectivity index (χ2n) is 10.1. The summed E-state index contributed by atoms with van der Waals surface area (Å²) < 4.78 is 32.1. The number of rotatable bonds is 10. The number of fused-ring (bicyclic) bond motifs is 2. The molecule has 226 valence electrons. The second kappa shape index (κ2) is 14.0. The van der Waals surface area contributed by atoms with Gasteiger partial charge in [-0.1, -0.05) is 37.3 Å². The summed E-state index contributed by atoms with van der Waals surface area (Å²) >= 11 is 0. The maximum Gasteiger partial charge on any atom is 0.264 e. The first-order valence-corrected chi connectivity index (χ1v) is 15.2. The first kappa shape index (κ1) is 32.8. The van der Waals surface area contributed by atoms with Crippen molar-refractivity contribution in [1.29, 1.82) is 0 Å². The standard InChI is InChI=1S/C30H36N4O6S.ClH/c1-5-16-41(38,39)33-29(36)22-10-13-23-21(17-22)12-15-27(40-4)24(23)18-34-26-9-7-6-8-20(26)11-14-25(30(34)37)32-28(35)19(2)31-3;/h6-10,12-13,15,17,19,25,31H,5,11,14,16,18H2,1-4H3,(H,32,35)(H,33,36);1H. The Hall–Kier alpha value is -3.67. The minimum atomic E-state index is -3.73. The van der Waals surface area contributed by atoms with Crippen molar-refractivity contribution in [2.75, 3.05) is 24.8 Å². The molecule has 3 N–H and O–H groups in total. The van der Waals surface area contributed by atoms with Crippen molar-refractivity contribution in [1.82, 2.24) is 15.4 Å². The summed E-state index contributed by atoms with van der Waals surface area (Å²) in [5.41, 5.74) is 2.66. The van der Waals surface area contributed by atoms with Gasteiger partial charge in [0.15, 0.2) is 0 Å². The maximum atomic E-state index is 14.0. The first-order valence-electron chi connectivity index (χ1n) is 13.6. The number of anilines is 1. The lowest BCUT2D eigenvalue weighted by Crippen LogP contribution is -2.52. The Labute approximate surface area is 252 Å². The van der Waals surface area contributed by atoms with Gasteiger partial charge in [0.1, 0.15) is 11.8 Å². The molecular weight excluding hydrogens is 580 g/mol. The van der Waals surface area contributed by atoms with Crippen LogP contribution in [-0.4, -0.2) is 58.1 Å². The van der Waals surface area contributed by atoms with Crippen LogP contribution in [0.4, 0.5) is 5.69 Å². The van der Waals surface area contributed by atoms with E-state index in [4.69, 9.17) is 4.74 Å². The predicted octanol–water partition coefficient (Wildman–Crippen LogP) is 3.31. The molecule has 1 heterocycles. The van der Waals surface area contributed by atoms with Crippen LogP contribution in [0.5, 0.6) is 5.75 Å². The lowest BCUT2D eigenvalue weighted by Gasteiger charge is -2.28. The van der Waals surface area contributed by atoms with E-state index in [0.29, 0.717) is 36.0 Å². The molecule has 2 atom stereocenters. The summed E-state index contributed by atoms with van der Waals surface area (Å²) in [5.74, 6) is -0.786. The number of methoxy groups -OCH3 is 1. The summed E-state index contributed by atoms with van der Waals surface area (Å²) in [6.07, 6.45) is 1.46. The van der Waals surface area contributed by atoms with Crippen molar-refractivity contribution in [3.05, 3.63) is 71.3 Å². The van der Waals surface area contributed by atoms with Gasteiger partial charge in [-0.2, -0.15) is 0 Å². The lowest BCUT2D eigenvalue weighted by atomic mass is 10.00. The molecule has 42 heavy (non-hydrogen) atoms. The average molecular weight is 617 g/mol. The molecule has 0 saturated heterocycles. The fourth-order valence-electron chi connectivity index (χ4n) is 4.99. The Kier molecular flexibility index (Phi) is 10.9. The number of likely N-dealkylation sites (N-methyl/N-ethyl adjacent to an activating group) is 1. The largest absolute Gasteiger partial charge is 0.496 e. The number of benzene rings is 3. The third kappa shape index (κ3) is 7.21. The van der Waals surface area contributed by atoms with Crippen molar-refractivity contribution in [3.63, 3.8) is 0 Å². The van der Waals surface area contributed by atoms with E-state index in [1.807, 2.05) is 24.3 Å². The number of halogens is 1. The van der Waals surface area contributed by atoms with Gasteiger partial charge in [0.05, 0.1) is 25.4 Å². The minimum Gasteiger partial charge on any atom is -0.496 e. The molecule has 12 heteroatoms. The number of ether oxygens (including phenoxy) is 1. The van der Waals surface area contributed by atoms with Crippen LogP contribution in [0.3, 0.4) is 0 Å². The molecule has 3 aromatic rings. The molecule has 0 saturated carbocycles. The maximum absolute atomic E-state index is 14.0. The number of sulfonamides is 1. The Balaban J connectivity index is 0.00000484. The van der Waals surface area contributed by atoms with E-state index < -0.39 is 28.0 Å². The predicted molar refractivity (Wildman–Crippen MR) is 166 cm³/mol. The molecule has 1 aliphatic heterocycles. The van der Waals surface area contributed by atoms with E-state index in [0.717, 1.165) is 16.6 Å². The molecule has 4 rings (SSSR count). The van der Waals surface area contributed by atoms with Gasteiger partial charge < -0.3 is 20.3 Å². The Bertz CT molecular complexity index is 1580. The first-order chi connectivity index (χ1) is 19.6. The zero-order valence-electron chi connectivity index (χ0n) is 24.1. The number of carbonyl (C=O) groups excluding carboxylic acids is 3. The van der Waals surface area contributed by atoms with Crippen LogP contribution in [0.1, 0.15) is 48.2 Å². The monoisotopic (exact) mass is 616 g/mol. The van der Waals surface area contributed by atoms with Crippen LogP contribution in [0.2, 0.25) is 0 Å². The van der Waals surface area contributed by atoms with E-state index in [1.54, 1.807) is 63.2 Å². The van der Waals surface area contributed by atoms with Gasteiger partial charge in [-0.15, -0.1) is 12.4 Å². The molecule has 10 nitrogen and oxygen atoms in total. The van der Waals surface area contributed by atoms with Crippen molar-refractivity contribution >= 4 is 56.6 Å². The molecule has 0 aliphatic carbocycles. The van der Waals surface area contributed by atoms with Crippen molar-refractivity contribution in [2.45, 2.75) is 51.7 Å². The molecule has 3 amide bonds. The quantitative estimate of drug-likeness (QED) is 0.318. The number of hydrogen-bond donors (Lipinski definition) is 3. The smallest absolute Gasteiger partial charge is 0.264 e. The highest BCUT2D eigenvalue weighted by Crippen LogP contribution is 2.34. The van der Waals surface area contributed by atoms with Gasteiger partial charge in [-0.3, -0.25) is 14.4 Å². The highest BCUT2D eigenvalue weighted by molar-refractivity contribution is 7.90. The third-order valence-electron chi connectivity index (χ3n) is 7.30. The van der Waals surface area contributed by atoms with E-state index >= 15 is 0 Å². The number of hydrogen-bond acceptors (Lipinski definition) is 7. The van der Waals surface area contributed by atoms with Crippen molar-refractivity contribution < 1.29 is 27.5 Å². The topological polar surface area (TPSA) is 134 Å². The third-order valence-corrected chi connectivity index (χ3v) is 8.74. The Morgan fingerprint density at radius 2 is 1.86 bits per heavy atom. The fourth-order valence-corrected chi connectivity index (χ4v) is 6.03. The highest BCUT2D eigenvalue weighted by atomic mass is 35.5. The summed E-state index contributed by atoms with van der Waals surface area (Å²) in [7, 11) is -0.492. The van der Waals surface area contributed by atoms with E-state index in [2.05, 4.69) is 15.4 Å². The lowest BCUT2D eigenvalue weighted by molar-refractivity contribution is -0.128. The van der Waals surface area contributed by atoms with Gasteiger partial charge in [-0.05, 0) is 73.8 Å². The van der Waals surface area contributed by atoms with Crippen LogP contribution in [0.15, 0.2) is 54.6 Å². The molecule has 2 unspecified atom stereocenters. The van der Waals surface area contributed by atoms with Crippen LogP contribution in [-0.2, 0) is 32.6 Å². The molecule has 0 bridgehead atoms. The summed E-state index contributed by atoms with van der Waals surface area (Å²) in [4.78, 5) is 41.0. The van der Waals surface area contributed by atoms with Gasteiger partial charge in [0.2, 0.25) is 21.8 Å². The van der Waals surface area contributed by atoms with Crippen LogP contribution < -0.4 is 25.0 Å². The highest BCUT2D eigenvalue weighted by Gasteiger charge is 2.33. The minimum absolute atomic E-state index is 0. The number of aryl methyl sites for hydroxylation is 1. The number of carbonyl (C=O) groups is 3. The number of nitrogens with one attached hydrogen (secondary N) is 3. The van der Waals surface area contributed by atoms with Gasteiger partial charge in [-0.25, -0.2) is 13.1 Å². The number of nitrogens with zero attached hydrogens (tertiary/aromatic N) is 1. The fraction of sp³-hybridized carbons (Fsp3) is 0.367. The second-order valence-corrected chi connectivity index (χ2v) is 11.9. The van der Waals surface area contributed by atoms with Crippen molar-refractivity contribution in [2.24, 2.45) is 0 Å². The summed E-state index contributed by atoms with van der Waals surface area (Å²) in [5, 5.41) is 7.24. The Morgan fingerprint density at radius 1 is 1.12 bits per heavy atom. The SMILES string of the molecule is CCCS(=O)(=O)NC(=O)c1ccc2c(CN3C(=O)C(NC(=O)C(C)NC)CCc4ccccc43)c(OC)ccc2c1.Cl. The van der Waals surface area contributed by atoms with E-state index in [9.17, 15) is 22.8 Å². The van der Waals surface area contributed by atoms with Crippen molar-refractivity contribution in [3.8, 4) is 5.75 Å². The van der Waals surface area contributed by atoms with Crippen LogP contribution in [0.25, 0.3) is 10.8 Å².